The minimum Gasteiger partial charge on any atom is -0.503 e. The van der Waals surface area contributed by atoms with Crippen LogP contribution >= 0.6 is 0 Å². The number of furan rings is 1. The van der Waals surface area contributed by atoms with E-state index in [1.54, 1.807) is 6.26 Å². The third-order valence-corrected chi connectivity index (χ3v) is 4.43. The van der Waals surface area contributed by atoms with Gasteiger partial charge in [0.05, 0.1) is 0 Å². The van der Waals surface area contributed by atoms with E-state index in [1.807, 2.05) is 24.1 Å². The molecule has 0 saturated carbocycles. The van der Waals surface area contributed by atoms with Gasteiger partial charge in [-0.1, -0.05) is 19.1 Å². The van der Waals surface area contributed by atoms with Crippen LogP contribution in [-0.4, -0.2) is 25.4 Å². The highest BCUT2D eigenvalue weighted by molar-refractivity contribution is 5.69. The van der Waals surface area contributed by atoms with Crippen LogP contribution in [0.15, 0.2) is 34.9 Å². The highest BCUT2D eigenvalue weighted by Gasteiger charge is 2.26. The number of ether oxygens (including phenoxy) is 1. The van der Waals surface area contributed by atoms with Crippen molar-refractivity contribution < 1.29 is 14.3 Å². The zero-order chi connectivity index (χ0) is 15.5. The largest absolute Gasteiger partial charge is 0.503 e. The number of hydrogen-bond acceptors (Lipinski definition) is 4. The summed E-state index contributed by atoms with van der Waals surface area (Å²) in [6, 6.07) is 8.33. The Bertz CT molecular complexity index is 629. The highest BCUT2D eigenvalue weighted by Crippen LogP contribution is 2.42. The van der Waals surface area contributed by atoms with Gasteiger partial charge in [-0.25, -0.2) is 0 Å². The van der Waals surface area contributed by atoms with Crippen molar-refractivity contribution in [1.82, 2.24) is 0 Å². The van der Waals surface area contributed by atoms with Gasteiger partial charge in [-0.05, 0) is 37.0 Å². The van der Waals surface area contributed by atoms with E-state index in [1.165, 1.54) is 5.56 Å². The molecule has 1 fully saturated rings. The van der Waals surface area contributed by atoms with E-state index in [0.717, 1.165) is 43.9 Å². The lowest BCUT2D eigenvalue weighted by Crippen LogP contribution is -2.14. The molecule has 1 aliphatic rings. The Balaban J connectivity index is 1.86. The highest BCUT2D eigenvalue weighted by atomic mass is 16.5. The molecule has 22 heavy (non-hydrogen) atoms. The van der Waals surface area contributed by atoms with Gasteiger partial charge >= 0.3 is 0 Å². The minimum absolute atomic E-state index is 0.248. The molecule has 0 bridgehead atoms. The molecular weight excluding hydrogens is 278 g/mol. The van der Waals surface area contributed by atoms with Crippen LogP contribution in [0.2, 0.25) is 0 Å². The Labute approximate surface area is 131 Å². The second-order valence-electron chi connectivity index (χ2n) is 5.80. The molecule has 0 spiro atoms. The van der Waals surface area contributed by atoms with E-state index in [2.05, 4.69) is 19.1 Å². The van der Waals surface area contributed by atoms with Crippen molar-refractivity contribution in [2.45, 2.75) is 32.1 Å². The zero-order valence-electron chi connectivity index (χ0n) is 13.2. The summed E-state index contributed by atoms with van der Waals surface area (Å²) in [5.41, 5.74) is 3.04. The lowest BCUT2D eigenvalue weighted by atomic mass is 9.97. The molecule has 0 atom stereocenters. The molecule has 4 nitrogen and oxygen atoms in total. The first-order valence-electron chi connectivity index (χ1n) is 7.91. The fraction of sp³-hybridized carbons (Fsp3) is 0.444. The molecule has 1 N–H and O–H groups in total. The standard InChI is InChI=1S/C18H23NO3/c1-3-13-5-4-6-15(11-13)19(2)16-12-22-18(17(16)20)14-7-9-21-10-8-14/h4-6,11-12,14,20H,3,7-10H2,1-2H3. The van der Waals surface area contributed by atoms with Gasteiger partial charge in [0.15, 0.2) is 11.5 Å². The fourth-order valence-corrected chi connectivity index (χ4v) is 2.97. The Morgan fingerprint density at radius 1 is 1.27 bits per heavy atom. The normalized spacial score (nSPS) is 15.9. The van der Waals surface area contributed by atoms with Crippen LogP contribution in [0.5, 0.6) is 5.75 Å². The lowest BCUT2D eigenvalue weighted by Gasteiger charge is -2.21. The number of aryl methyl sites for hydroxylation is 1. The van der Waals surface area contributed by atoms with Crippen LogP contribution in [-0.2, 0) is 11.2 Å². The topological polar surface area (TPSA) is 45.8 Å². The monoisotopic (exact) mass is 301 g/mol. The third-order valence-electron chi connectivity index (χ3n) is 4.43. The van der Waals surface area contributed by atoms with Gasteiger partial charge in [0.25, 0.3) is 0 Å². The summed E-state index contributed by atoms with van der Waals surface area (Å²) in [5, 5.41) is 10.6. The summed E-state index contributed by atoms with van der Waals surface area (Å²) < 4.78 is 11.1. The van der Waals surface area contributed by atoms with E-state index in [0.29, 0.717) is 5.76 Å². The summed E-state index contributed by atoms with van der Waals surface area (Å²) in [5.74, 6) is 1.20. The van der Waals surface area contributed by atoms with E-state index in [-0.39, 0.29) is 11.7 Å². The summed E-state index contributed by atoms with van der Waals surface area (Å²) >= 11 is 0. The van der Waals surface area contributed by atoms with Crippen LogP contribution in [0.1, 0.15) is 37.0 Å². The molecule has 0 aliphatic carbocycles. The summed E-state index contributed by atoms with van der Waals surface area (Å²) in [4.78, 5) is 1.97. The molecule has 1 aliphatic heterocycles. The predicted molar refractivity (Wildman–Crippen MR) is 87.0 cm³/mol. The Hall–Kier alpha value is -1.94. The number of hydrogen-bond donors (Lipinski definition) is 1. The van der Waals surface area contributed by atoms with E-state index in [4.69, 9.17) is 9.15 Å². The van der Waals surface area contributed by atoms with Gasteiger partial charge in [0.2, 0.25) is 0 Å². The number of nitrogens with zero attached hydrogens (tertiary/aromatic N) is 1. The fourth-order valence-electron chi connectivity index (χ4n) is 2.97. The lowest BCUT2D eigenvalue weighted by molar-refractivity contribution is 0.0799. The molecule has 0 unspecified atom stereocenters. The summed E-state index contributed by atoms with van der Waals surface area (Å²) in [7, 11) is 1.95. The first-order chi connectivity index (χ1) is 10.7. The van der Waals surface area contributed by atoms with E-state index >= 15 is 0 Å². The molecule has 4 heteroatoms. The first-order valence-corrected chi connectivity index (χ1v) is 7.91. The second-order valence-corrected chi connectivity index (χ2v) is 5.80. The molecule has 1 saturated heterocycles. The van der Waals surface area contributed by atoms with Crippen molar-refractivity contribution >= 4 is 11.4 Å². The van der Waals surface area contributed by atoms with Crippen molar-refractivity contribution in [1.29, 1.82) is 0 Å². The zero-order valence-corrected chi connectivity index (χ0v) is 13.2. The van der Waals surface area contributed by atoms with E-state index < -0.39 is 0 Å². The Morgan fingerprint density at radius 3 is 2.77 bits per heavy atom. The molecule has 0 radical (unpaired) electrons. The smallest absolute Gasteiger partial charge is 0.181 e. The van der Waals surface area contributed by atoms with Gasteiger partial charge in [-0.3, -0.25) is 0 Å². The maximum Gasteiger partial charge on any atom is 0.181 e. The van der Waals surface area contributed by atoms with Crippen molar-refractivity contribution in [3.8, 4) is 5.75 Å². The first kappa shape index (κ1) is 15.0. The average Bonchev–Trinajstić information content (AvgIpc) is 2.96. The summed E-state index contributed by atoms with van der Waals surface area (Å²) in [6.45, 7) is 3.60. The van der Waals surface area contributed by atoms with Crippen LogP contribution in [0.3, 0.4) is 0 Å². The Kier molecular flexibility index (Phi) is 4.39. The number of benzene rings is 1. The van der Waals surface area contributed by atoms with Gasteiger partial charge < -0.3 is 19.2 Å². The molecule has 3 rings (SSSR count). The minimum atomic E-state index is 0.248. The molecule has 1 aromatic heterocycles. The molecule has 2 aromatic rings. The van der Waals surface area contributed by atoms with Crippen molar-refractivity contribution in [3.63, 3.8) is 0 Å². The van der Waals surface area contributed by atoms with Crippen LogP contribution in [0, 0.1) is 0 Å². The van der Waals surface area contributed by atoms with Gasteiger partial charge in [-0.2, -0.15) is 0 Å². The molecule has 0 amide bonds. The van der Waals surface area contributed by atoms with Crippen molar-refractivity contribution in [2.75, 3.05) is 25.2 Å². The van der Waals surface area contributed by atoms with Crippen LogP contribution < -0.4 is 4.90 Å². The van der Waals surface area contributed by atoms with Crippen LogP contribution in [0.25, 0.3) is 0 Å². The Morgan fingerprint density at radius 2 is 2.05 bits per heavy atom. The number of aromatic hydroxyl groups is 1. The molecule has 1 aromatic carbocycles. The maximum absolute atomic E-state index is 10.6. The van der Waals surface area contributed by atoms with Crippen molar-refractivity contribution in [3.05, 3.63) is 41.9 Å². The number of rotatable bonds is 4. The molecule has 2 heterocycles. The van der Waals surface area contributed by atoms with Crippen molar-refractivity contribution in [2.24, 2.45) is 0 Å². The summed E-state index contributed by atoms with van der Waals surface area (Å²) in [6.07, 6.45) is 4.44. The maximum atomic E-state index is 10.6. The van der Waals surface area contributed by atoms with Gasteiger partial charge in [-0.15, -0.1) is 0 Å². The van der Waals surface area contributed by atoms with Crippen LogP contribution in [0.4, 0.5) is 11.4 Å². The quantitative estimate of drug-likeness (QED) is 0.919. The number of anilines is 2. The predicted octanol–water partition coefficient (Wildman–Crippen LogP) is 4.21. The molecular formula is C18H23NO3. The SMILES string of the molecule is CCc1cccc(N(C)c2coc(C3CCOCC3)c2O)c1. The van der Waals surface area contributed by atoms with Gasteiger partial charge in [0.1, 0.15) is 12.0 Å². The second kappa shape index (κ2) is 6.44. The van der Waals surface area contributed by atoms with Gasteiger partial charge in [0, 0.05) is 31.9 Å². The average molecular weight is 301 g/mol. The molecule has 118 valence electrons. The third kappa shape index (κ3) is 2.83. The van der Waals surface area contributed by atoms with E-state index in [9.17, 15) is 5.11 Å².